The molecular formula is C17H20N2O2S. The molecule has 0 bridgehead atoms. The topological polar surface area (TPSA) is 49.7 Å². The number of aliphatic imine (C=N–C) groups is 1. The van der Waals surface area contributed by atoms with E-state index >= 15 is 0 Å². The van der Waals surface area contributed by atoms with Crippen molar-refractivity contribution in [2.24, 2.45) is 4.99 Å². The minimum Gasteiger partial charge on any atom is -0.273 e. The van der Waals surface area contributed by atoms with Gasteiger partial charge in [-0.05, 0) is 37.1 Å². The van der Waals surface area contributed by atoms with Gasteiger partial charge in [0.2, 0.25) is 10.0 Å². The summed E-state index contributed by atoms with van der Waals surface area (Å²) in [5.41, 5.74) is 3.28. The van der Waals surface area contributed by atoms with Crippen LogP contribution in [0.1, 0.15) is 25.8 Å². The van der Waals surface area contributed by atoms with Crippen molar-refractivity contribution in [3.8, 4) is 0 Å². The lowest BCUT2D eigenvalue weighted by Crippen LogP contribution is -2.32. The van der Waals surface area contributed by atoms with Crippen LogP contribution in [0.4, 0.5) is 0 Å². The molecule has 1 atom stereocenters. The predicted octanol–water partition coefficient (Wildman–Crippen LogP) is 2.85. The van der Waals surface area contributed by atoms with Gasteiger partial charge >= 0.3 is 0 Å². The Hall–Kier alpha value is -1.88. The highest BCUT2D eigenvalue weighted by Gasteiger charge is 2.48. The first-order valence-electron chi connectivity index (χ1n) is 7.33. The van der Waals surface area contributed by atoms with Gasteiger partial charge in [-0.15, -0.1) is 0 Å². The first kappa shape index (κ1) is 15.0. The third-order valence-electron chi connectivity index (χ3n) is 4.32. The van der Waals surface area contributed by atoms with Crippen LogP contribution in [0.2, 0.25) is 0 Å². The highest BCUT2D eigenvalue weighted by molar-refractivity contribution is 7.88. The van der Waals surface area contributed by atoms with Crippen molar-refractivity contribution in [3.63, 3.8) is 0 Å². The van der Waals surface area contributed by atoms with Crippen LogP contribution in [0.3, 0.4) is 0 Å². The first-order chi connectivity index (χ1) is 10.3. The van der Waals surface area contributed by atoms with Crippen molar-refractivity contribution in [1.82, 2.24) is 4.31 Å². The van der Waals surface area contributed by atoms with E-state index in [4.69, 9.17) is 4.99 Å². The Morgan fingerprint density at radius 2 is 1.91 bits per heavy atom. The Morgan fingerprint density at radius 1 is 1.23 bits per heavy atom. The van der Waals surface area contributed by atoms with Crippen LogP contribution < -0.4 is 0 Å². The first-order valence-corrected chi connectivity index (χ1v) is 9.18. The summed E-state index contributed by atoms with van der Waals surface area (Å²) in [7, 11) is -3.31. The van der Waals surface area contributed by atoms with E-state index in [1.54, 1.807) is 0 Å². The summed E-state index contributed by atoms with van der Waals surface area (Å²) in [5, 5.41) is 0. The van der Waals surface area contributed by atoms with Gasteiger partial charge < -0.3 is 0 Å². The zero-order valence-corrected chi connectivity index (χ0v) is 13.9. The molecule has 5 heteroatoms. The third-order valence-corrected chi connectivity index (χ3v) is 5.50. The van der Waals surface area contributed by atoms with E-state index in [2.05, 4.69) is 0 Å². The lowest BCUT2D eigenvalue weighted by Gasteiger charge is -2.27. The van der Waals surface area contributed by atoms with Gasteiger partial charge in [-0.1, -0.05) is 30.3 Å². The summed E-state index contributed by atoms with van der Waals surface area (Å²) in [6.45, 7) is 4.46. The molecule has 0 amide bonds. The van der Waals surface area contributed by atoms with E-state index in [0.29, 0.717) is 13.0 Å². The molecule has 1 fully saturated rings. The van der Waals surface area contributed by atoms with E-state index in [1.807, 2.05) is 56.3 Å². The second kappa shape index (κ2) is 5.09. The van der Waals surface area contributed by atoms with E-state index in [9.17, 15) is 8.42 Å². The fraction of sp³-hybridized carbons (Fsp3) is 0.353. The van der Waals surface area contributed by atoms with Gasteiger partial charge in [0.15, 0.2) is 0 Å². The number of benzene rings is 1. The highest BCUT2D eigenvalue weighted by atomic mass is 32.2. The smallest absolute Gasteiger partial charge is 0.232 e. The Kier molecular flexibility index (Phi) is 3.48. The summed E-state index contributed by atoms with van der Waals surface area (Å²) in [6, 6.07) is 9.80. The fourth-order valence-corrected chi connectivity index (χ4v) is 4.31. The number of nitrogens with zero attached hydrogens (tertiary/aromatic N) is 2. The van der Waals surface area contributed by atoms with Gasteiger partial charge in [0.05, 0.1) is 12.0 Å². The van der Waals surface area contributed by atoms with Crippen LogP contribution in [-0.4, -0.2) is 36.8 Å². The summed E-state index contributed by atoms with van der Waals surface area (Å²) >= 11 is 0. The van der Waals surface area contributed by atoms with E-state index in [1.165, 1.54) is 10.6 Å². The quantitative estimate of drug-likeness (QED) is 0.842. The van der Waals surface area contributed by atoms with E-state index < -0.39 is 15.6 Å². The van der Waals surface area contributed by atoms with Crippen molar-refractivity contribution in [1.29, 1.82) is 0 Å². The molecule has 2 aliphatic rings. The molecule has 0 aliphatic carbocycles. The van der Waals surface area contributed by atoms with Crippen molar-refractivity contribution in [2.75, 3.05) is 12.8 Å². The molecule has 116 valence electrons. The molecule has 2 aliphatic heterocycles. The number of rotatable bonds is 2. The largest absolute Gasteiger partial charge is 0.273 e. The molecule has 0 radical (unpaired) electrons. The molecule has 0 N–H and O–H groups in total. The van der Waals surface area contributed by atoms with E-state index in [-0.39, 0.29) is 0 Å². The molecular weight excluding hydrogens is 296 g/mol. The maximum absolute atomic E-state index is 12.2. The van der Waals surface area contributed by atoms with Crippen molar-refractivity contribution >= 4 is 21.8 Å². The summed E-state index contributed by atoms with van der Waals surface area (Å²) in [5.74, 6) is 0. The maximum atomic E-state index is 12.2. The average Bonchev–Trinajstić information content (AvgIpc) is 2.93. The summed E-state index contributed by atoms with van der Waals surface area (Å²) < 4.78 is 25.9. The Morgan fingerprint density at radius 3 is 2.45 bits per heavy atom. The average molecular weight is 316 g/mol. The fourth-order valence-electron chi connectivity index (χ4n) is 3.33. The molecule has 2 heterocycles. The molecule has 0 unspecified atom stereocenters. The maximum Gasteiger partial charge on any atom is 0.232 e. The third kappa shape index (κ3) is 2.39. The number of sulfonamides is 1. The highest BCUT2D eigenvalue weighted by Crippen LogP contribution is 2.45. The molecule has 0 aromatic heterocycles. The zero-order chi connectivity index (χ0) is 16.0. The molecule has 1 saturated heterocycles. The Bertz CT molecular complexity index is 791. The molecule has 4 nitrogen and oxygen atoms in total. The minimum atomic E-state index is -3.31. The number of hydrogen-bond acceptors (Lipinski definition) is 3. The minimum absolute atomic E-state index is 0.472. The van der Waals surface area contributed by atoms with Crippen LogP contribution in [0, 0.1) is 0 Å². The molecule has 1 spiro atoms. The van der Waals surface area contributed by atoms with Crippen LogP contribution in [0.5, 0.6) is 0 Å². The van der Waals surface area contributed by atoms with Gasteiger partial charge in [0, 0.05) is 18.7 Å². The Balaban J connectivity index is 2.18. The SMILES string of the molecule is CC1=CC(C)=N[C@]12CCN(S(C)(=O)=O)/C2=C/c1ccccc1. The van der Waals surface area contributed by atoms with Gasteiger partial charge in [-0.3, -0.25) is 9.30 Å². The Labute approximate surface area is 131 Å². The molecule has 3 rings (SSSR count). The van der Waals surface area contributed by atoms with Crippen molar-refractivity contribution in [3.05, 3.63) is 53.2 Å². The molecule has 1 aromatic carbocycles. The van der Waals surface area contributed by atoms with Crippen LogP contribution in [-0.2, 0) is 10.0 Å². The number of allylic oxidation sites excluding steroid dienone is 1. The zero-order valence-electron chi connectivity index (χ0n) is 13.1. The second-order valence-corrected chi connectivity index (χ2v) is 7.87. The van der Waals surface area contributed by atoms with Crippen LogP contribution in [0.25, 0.3) is 6.08 Å². The molecule has 22 heavy (non-hydrogen) atoms. The van der Waals surface area contributed by atoms with Gasteiger partial charge in [-0.2, -0.15) is 0 Å². The summed E-state index contributed by atoms with van der Waals surface area (Å²) in [6.07, 6.45) is 5.95. The lowest BCUT2D eigenvalue weighted by atomic mass is 9.88. The molecule has 1 aromatic rings. The van der Waals surface area contributed by atoms with Gasteiger partial charge in [0.25, 0.3) is 0 Å². The predicted molar refractivity (Wildman–Crippen MR) is 90.2 cm³/mol. The van der Waals surface area contributed by atoms with Crippen molar-refractivity contribution in [2.45, 2.75) is 25.8 Å². The summed E-state index contributed by atoms with van der Waals surface area (Å²) in [4.78, 5) is 4.79. The monoisotopic (exact) mass is 316 g/mol. The lowest BCUT2D eigenvalue weighted by molar-refractivity contribution is 0.515. The standard InChI is InChI=1S/C17H20N2O2S/c1-13-11-14(2)18-17(13)9-10-19(22(3,20)21)16(17)12-15-7-5-4-6-8-15/h4-8,11-12H,9-10H2,1-3H3/b16-12+/t17-/m1/s1. The normalized spacial score (nSPS) is 26.7. The van der Waals surface area contributed by atoms with E-state index in [0.717, 1.165) is 22.5 Å². The van der Waals surface area contributed by atoms with Crippen molar-refractivity contribution < 1.29 is 8.42 Å². The van der Waals surface area contributed by atoms with Crippen LogP contribution >= 0.6 is 0 Å². The van der Waals surface area contributed by atoms with Gasteiger partial charge in [-0.25, -0.2) is 8.42 Å². The second-order valence-electron chi connectivity index (χ2n) is 5.97. The molecule has 0 saturated carbocycles. The van der Waals surface area contributed by atoms with Gasteiger partial charge in [0.1, 0.15) is 5.54 Å². The van der Waals surface area contributed by atoms with Crippen LogP contribution in [0.15, 0.2) is 52.7 Å². The number of hydrogen-bond donors (Lipinski definition) is 0.